The van der Waals surface area contributed by atoms with Crippen molar-refractivity contribution in [3.8, 4) is 0 Å². The van der Waals surface area contributed by atoms with Crippen molar-refractivity contribution in [2.24, 2.45) is 0 Å². The van der Waals surface area contributed by atoms with Gasteiger partial charge in [-0.15, -0.1) is 0 Å². The number of hydrogen-bond acceptors (Lipinski definition) is 2. The van der Waals surface area contributed by atoms with Crippen molar-refractivity contribution in [1.82, 2.24) is 0 Å². The van der Waals surface area contributed by atoms with Crippen LogP contribution in [0.15, 0.2) is 0 Å². The summed E-state index contributed by atoms with van der Waals surface area (Å²) in [7, 11) is 0. The zero-order chi connectivity index (χ0) is 8.15. The molecule has 0 rings (SSSR count). The van der Waals surface area contributed by atoms with E-state index in [0.717, 1.165) is 0 Å². The lowest BCUT2D eigenvalue weighted by Gasteiger charge is -2.18. The predicted molar refractivity (Wildman–Crippen MR) is 51.5 cm³/mol. The van der Waals surface area contributed by atoms with Crippen LogP contribution in [0, 0.1) is 6.92 Å². The summed E-state index contributed by atoms with van der Waals surface area (Å²) in [5.74, 6) is 0. The number of ether oxygens (including phenoxy) is 2. The molecular formula is C8H20AlO2. The van der Waals surface area contributed by atoms with Gasteiger partial charge in [-0.1, -0.05) is 0 Å². The molecule has 0 aromatic heterocycles. The Hall–Kier alpha value is 0.452. The minimum Gasteiger partial charge on any atom is -0.350 e. The van der Waals surface area contributed by atoms with Crippen molar-refractivity contribution in [3.63, 3.8) is 0 Å². The van der Waals surface area contributed by atoms with Crippen LogP contribution in [0.25, 0.3) is 0 Å². The van der Waals surface area contributed by atoms with Crippen molar-refractivity contribution in [2.45, 2.75) is 46.2 Å². The van der Waals surface area contributed by atoms with Crippen LogP contribution in [0.5, 0.6) is 0 Å². The van der Waals surface area contributed by atoms with Gasteiger partial charge in [-0.05, 0) is 27.7 Å². The van der Waals surface area contributed by atoms with Crippen LogP contribution in [-0.2, 0) is 9.47 Å². The zero-order valence-electron chi connectivity index (χ0n) is 7.26. The van der Waals surface area contributed by atoms with Crippen LogP contribution >= 0.6 is 0 Å². The quantitative estimate of drug-likeness (QED) is 0.465. The molecule has 0 aromatic rings. The van der Waals surface area contributed by atoms with Gasteiger partial charge in [-0.2, -0.15) is 0 Å². The van der Waals surface area contributed by atoms with Crippen LogP contribution in [0.1, 0.15) is 27.7 Å². The molecule has 0 aliphatic heterocycles. The van der Waals surface area contributed by atoms with Crippen LogP contribution in [0.3, 0.4) is 0 Å². The Morgan fingerprint density at radius 1 is 0.909 bits per heavy atom. The van der Waals surface area contributed by atoms with Gasteiger partial charge in [0.1, 0.15) is 0 Å². The fourth-order valence-electron chi connectivity index (χ4n) is 0.639. The third kappa shape index (κ3) is 10.5. The molecule has 0 aromatic carbocycles. The van der Waals surface area contributed by atoms with Crippen molar-refractivity contribution in [2.75, 3.05) is 0 Å². The third-order valence-corrected chi connectivity index (χ3v) is 0.848. The van der Waals surface area contributed by atoms with E-state index in [-0.39, 0.29) is 35.9 Å². The Labute approximate surface area is 80.4 Å². The summed E-state index contributed by atoms with van der Waals surface area (Å²) in [6.07, 6.45) is 0.0301. The van der Waals surface area contributed by atoms with Crippen LogP contribution in [-0.4, -0.2) is 35.9 Å². The maximum atomic E-state index is 5.23. The highest BCUT2D eigenvalue weighted by Gasteiger charge is 2.05. The van der Waals surface area contributed by atoms with E-state index in [4.69, 9.17) is 9.47 Å². The van der Waals surface area contributed by atoms with Gasteiger partial charge in [0, 0.05) is 6.92 Å². The van der Waals surface area contributed by atoms with Gasteiger partial charge >= 0.3 is 0 Å². The maximum absolute atomic E-state index is 5.23. The van der Waals surface area contributed by atoms with Gasteiger partial charge in [0.05, 0.1) is 12.2 Å². The molecule has 67 valence electrons. The van der Waals surface area contributed by atoms with Gasteiger partial charge < -0.3 is 9.47 Å². The zero-order valence-corrected chi connectivity index (χ0v) is 7.26. The largest absolute Gasteiger partial charge is 0.350 e. The highest BCUT2D eigenvalue weighted by Crippen LogP contribution is 2.01. The summed E-state index contributed by atoms with van der Waals surface area (Å²) in [6.45, 7) is 11.5. The van der Waals surface area contributed by atoms with Crippen LogP contribution in [0.2, 0.25) is 0 Å². The molecule has 0 saturated heterocycles. The normalized spacial score (nSPS) is 10.9. The second kappa shape index (κ2) is 7.12. The standard InChI is InChI=1S/C8H17O2.Al.3H/c1-6(2)9-8(5)10-7(3)4;;;;/h6-8H,5H2,1-4H3;;;;. The minimum absolute atomic E-state index is 0. The fraction of sp³-hybridized carbons (Fsp3) is 0.875. The molecule has 0 amide bonds. The Balaban J connectivity index is 0. The molecule has 3 heteroatoms. The molecule has 0 N–H and O–H groups in total. The number of hydrogen-bond donors (Lipinski definition) is 0. The van der Waals surface area contributed by atoms with Gasteiger partial charge in [-0.25, -0.2) is 0 Å². The topological polar surface area (TPSA) is 18.5 Å². The summed E-state index contributed by atoms with van der Waals surface area (Å²) in [5, 5.41) is 0. The first-order valence-electron chi connectivity index (χ1n) is 3.66. The molecule has 0 saturated carbocycles. The van der Waals surface area contributed by atoms with E-state index in [0.29, 0.717) is 0 Å². The Morgan fingerprint density at radius 2 is 1.18 bits per heavy atom. The molecule has 1 radical (unpaired) electrons. The highest BCUT2D eigenvalue weighted by molar-refractivity contribution is 5.75. The Morgan fingerprint density at radius 3 is 1.36 bits per heavy atom. The maximum Gasteiger partial charge on any atom is 0.187 e. The molecule has 0 aliphatic rings. The van der Waals surface area contributed by atoms with Gasteiger partial charge in [0.2, 0.25) is 0 Å². The lowest BCUT2D eigenvalue weighted by molar-refractivity contribution is -0.154. The molecule has 0 bridgehead atoms. The molecule has 0 spiro atoms. The van der Waals surface area contributed by atoms with E-state index in [9.17, 15) is 0 Å². The number of rotatable bonds is 4. The SMILES string of the molecule is [AlH3].[CH2]C(OC(C)C)OC(C)C. The second-order valence-electron chi connectivity index (χ2n) is 2.80. The van der Waals surface area contributed by atoms with Crippen LogP contribution in [0.4, 0.5) is 0 Å². The average Bonchev–Trinajstić information content (AvgIpc) is 1.58. The fourth-order valence-corrected chi connectivity index (χ4v) is 0.639. The second-order valence-corrected chi connectivity index (χ2v) is 2.80. The highest BCUT2D eigenvalue weighted by atomic mass is 27.0. The summed E-state index contributed by atoms with van der Waals surface area (Å²) >= 11 is 0. The predicted octanol–water partition coefficient (Wildman–Crippen LogP) is 0.813. The lowest BCUT2D eigenvalue weighted by atomic mass is 10.4. The van der Waals surface area contributed by atoms with E-state index in [1.54, 1.807) is 0 Å². The molecule has 11 heavy (non-hydrogen) atoms. The first-order valence-corrected chi connectivity index (χ1v) is 3.66. The summed E-state index contributed by atoms with van der Waals surface area (Å²) < 4.78 is 10.5. The average molecular weight is 175 g/mol. The smallest absolute Gasteiger partial charge is 0.187 e. The van der Waals surface area contributed by atoms with Crippen molar-refractivity contribution >= 4 is 17.4 Å². The monoisotopic (exact) mass is 175 g/mol. The molecule has 0 heterocycles. The molecular weight excluding hydrogens is 155 g/mol. The minimum atomic E-state index is -0.333. The lowest BCUT2D eigenvalue weighted by Crippen LogP contribution is -2.21. The molecule has 0 unspecified atom stereocenters. The summed E-state index contributed by atoms with van der Waals surface area (Å²) in [4.78, 5) is 0. The van der Waals surface area contributed by atoms with Crippen molar-refractivity contribution in [1.29, 1.82) is 0 Å². The molecule has 0 atom stereocenters. The Kier molecular flexibility index (Phi) is 9.06. The molecule has 0 aliphatic carbocycles. The first-order chi connectivity index (χ1) is 4.52. The molecule has 2 nitrogen and oxygen atoms in total. The van der Waals surface area contributed by atoms with E-state index in [1.807, 2.05) is 27.7 Å². The van der Waals surface area contributed by atoms with Crippen molar-refractivity contribution < 1.29 is 9.47 Å². The Bertz CT molecular complexity index is 74.2. The summed E-state index contributed by atoms with van der Waals surface area (Å²) in [6, 6.07) is 0. The summed E-state index contributed by atoms with van der Waals surface area (Å²) in [5.41, 5.74) is 0. The van der Waals surface area contributed by atoms with Gasteiger partial charge in [0.15, 0.2) is 23.7 Å². The van der Waals surface area contributed by atoms with Gasteiger partial charge in [0.25, 0.3) is 0 Å². The van der Waals surface area contributed by atoms with Crippen molar-refractivity contribution in [3.05, 3.63) is 6.92 Å². The van der Waals surface area contributed by atoms with E-state index in [2.05, 4.69) is 6.92 Å². The first kappa shape index (κ1) is 14.0. The van der Waals surface area contributed by atoms with Crippen LogP contribution < -0.4 is 0 Å². The molecule has 0 fully saturated rings. The van der Waals surface area contributed by atoms with E-state index >= 15 is 0 Å². The van der Waals surface area contributed by atoms with Gasteiger partial charge in [-0.3, -0.25) is 0 Å². The van der Waals surface area contributed by atoms with E-state index < -0.39 is 0 Å². The van der Waals surface area contributed by atoms with E-state index in [1.165, 1.54) is 0 Å². The third-order valence-electron chi connectivity index (χ3n) is 0.848.